The first-order valence-corrected chi connectivity index (χ1v) is 4.62. The van der Waals surface area contributed by atoms with Crippen LogP contribution in [0.4, 0.5) is 0 Å². The van der Waals surface area contributed by atoms with E-state index in [1.165, 1.54) is 11.1 Å². The molecule has 1 nitrogen and oxygen atoms in total. The first-order valence-electron chi connectivity index (χ1n) is 4.62. The normalized spacial score (nSPS) is 9.67. The van der Waals surface area contributed by atoms with Gasteiger partial charge >= 0.3 is 0 Å². The number of hydrogen-bond donors (Lipinski definition) is 0. The molecule has 0 aliphatic heterocycles. The Morgan fingerprint density at radius 1 is 1.33 bits per heavy atom. The molecule has 0 spiro atoms. The number of nitriles is 1. The summed E-state index contributed by atoms with van der Waals surface area (Å²) in [5, 5.41) is 8.39. The van der Waals surface area contributed by atoms with E-state index in [-0.39, 0.29) is 0 Å². The predicted octanol–water partition coefficient (Wildman–Crippen LogP) is 3.67. The molecule has 68 valence electrons. The maximum atomic E-state index is 8.39. The number of nitrogens with zero attached hydrogens (tertiary/aromatic N) is 1. The molecule has 0 rings (SSSR count). The molecule has 0 radical (unpaired) electrons. The summed E-state index contributed by atoms with van der Waals surface area (Å²) in [6.07, 6.45) is 2.78. The van der Waals surface area contributed by atoms with E-state index in [9.17, 15) is 0 Å². The zero-order valence-corrected chi connectivity index (χ0v) is 8.65. The zero-order chi connectivity index (χ0) is 9.56. The Balaban J connectivity index is 4.01. The molecule has 0 unspecified atom stereocenters. The van der Waals surface area contributed by atoms with Gasteiger partial charge in [-0.15, -0.1) is 0 Å². The lowest BCUT2D eigenvalue weighted by Crippen LogP contribution is -1.96. The van der Waals surface area contributed by atoms with Crippen LogP contribution in [0.2, 0.25) is 0 Å². The fourth-order valence-electron chi connectivity index (χ4n) is 1.47. The van der Waals surface area contributed by atoms with Crippen molar-refractivity contribution < 1.29 is 0 Å². The summed E-state index contributed by atoms with van der Waals surface area (Å²) in [4.78, 5) is 0. The summed E-state index contributed by atoms with van der Waals surface area (Å²) in [5.74, 6) is 0.633. The number of rotatable bonds is 4. The molecule has 1 heteroatoms. The highest BCUT2D eigenvalue weighted by molar-refractivity contribution is 5.12. The molecule has 0 aliphatic carbocycles. The maximum Gasteiger partial charge on any atom is 0.0621 e. The second-order valence-corrected chi connectivity index (χ2v) is 3.69. The van der Waals surface area contributed by atoms with Gasteiger partial charge in [-0.25, -0.2) is 0 Å². The van der Waals surface area contributed by atoms with Crippen LogP contribution in [0.5, 0.6) is 0 Å². The van der Waals surface area contributed by atoms with Crippen molar-refractivity contribution in [2.45, 2.75) is 47.0 Å². The number of allylic oxidation sites excluding steroid dienone is 2. The standard InChI is InChI=1S/C11H19N/c1-9(2)11(10(3)4)7-5-6-8-12/h9H,5-7H2,1-4H3. The van der Waals surface area contributed by atoms with Crippen LogP contribution in [0.3, 0.4) is 0 Å². The molecular formula is C11H19N. The van der Waals surface area contributed by atoms with Crippen LogP contribution in [0.25, 0.3) is 0 Å². The van der Waals surface area contributed by atoms with Crippen LogP contribution >= 0.6 is 0 Å². The van der Waals surface area contributed by atoms with Gasteiger partial charge in [0.2, 0.25) is 0 Å². The molecule has 0 aromatic rings. The topological polar surface area (TPSA) is 23.8 Å². The Hall–Kier alpha value is -0.770. The molecule has 0 atom stereocenters. The van der Waals surface area contributed by atoms with Gasteiger partial charge in [-0.05, 0) is 32.6 Å². The van der Waals surface area contributed by atoms with Crippen LogP contribution in [0, 0.1) is 17.2 Å². The third-order valence-electron chi connectivity index (χ3n) is 2.07. The van der Waals surface area contributed by atoms with E-state index < -0.39 is 0 Å². The lowest BCUT2D eigenvalue weighted by atomic mass is 9.94. The summed E-state index contributed by atoms with van der Waals surface area (Å²) in [6.45, 7) is 8.74. The maximum absolute atomic E-state index is 8.39. The first-order chi connectivity index (χ1) is 5.59. The second kappa shape index (κ2) is 5.83. The summed E-state index contributed by atoms with van der Waals surface area (Å²) < 4.78 is 0. The Bertz CT molecular complexity index is 190. The smallest absolute Gasteiger partial charge is 0.0621 e. The summed E-state index contributed by atoms with van der Waals surface area (Å²) in [5.41, 5.74) is 2.94. The third kappa shape index (κ3) is 4.18. The largest absolute Gasteiger partial charge is 0.198 e. The molecule has 0 aromatic heterocycles. The Morgan fingerprint density at radius 2 is 1.92 bits per heavy atom. The molecule has 0 heterocycles. The molecular weight excluding hydrogens is 146 g/mol. The summed E-state index contributed by atoms with van der Waals surface area (Å²) >= 11 is 0. The third-order valence-corrected chi connectivity index (χ3v) is 2.07. The summed E-state index contributed by atoms with van der Waals surface area (Å²) in [7, 11) is 0. The summed E-state index contributed by atoms with van der Waals surface area (Å²) in [6, 6.07) is 2.18. The van der Waals surface area contributed by atoms with Gasteiger partial charge in [0.15, 0.2) is 0 Å². The van der Waals surface area contributed by atoms with Crippen molar-refractivity contribution in [3.8, 4) is 6.07 Å². The fraction of sp³-hybridized carbons (Fsp3) is 0.727. The highest BCUT2D eigenvalue weighted by Crippen LogP contribution is 2.20. The SMILES string of the molecule is CC(C)=C(CCCC#N)C(C)C. The highest BCUT2D eigenvalue weighted by Gasteiger charge is 2.04. The zero-order valence-electron chi connectivity index (χ0n) is 8.65. The number of unbranched alkanes of at least 4 members (excludes halogenated alkanes) is 1. The van der Waals surface area contributed by atoms with Gasteiger partial charge in [-0.3, -0.25) is 0 Å². The van der Waals surface area contributed by atoms with E-state index in [1.54, 1.807) is 0 Å². The number of hydrogen-bond acceptors (Lipinski definition) is 1. The Labute approximate surface area is 76.1 Å². The molecule has 0 saturated carbocycles. The lowest BCUT2D eigenvalue weighted by molar-refractivity contribution is 0.677. The van der Waals surface area contributed by atoms with Crippen molar-refractivity contribution in [1.82, 2.24) is 0 Å². The van der Waals surface area contributed by atoms with E-state index in [0.717, 1.165) is 12.8 Å². The minimum absolute atomic E-state index is 0.633. The minimum atomic E-state index is 0.633. The van der Waals surface area contributed by atoms with E-state index in [2.05, 4.69) is 33.8 Å². The van der Waals surface area contributed by atoms with Gasteiger partial charge in [-0.2, -0.15) is 5.26 Å². The molecule has 0 bridgehead atoms. The molecule has 0 saturated heterocycles. The van der Waals surface area contributed by atoms with Gasteiger partial charge in [0, 0.05) is 6.42 Å². The van der Waals surface area contributed by atoms with Crippen LogP contribution < -0.4 is 0 Å². The van der Waals surface area contributed by atoms with Crippen LogP contribution in [-0.4, -0.2) is 0 Å². The Morgan fingerprint density at radius 3 is 2.25 bits per heavy atom. The van der Waals surface area contributed by atoms with Gasteiger partial charge in [0.25, 0.3) is 0 Å². The molecule has 12 heavy (non-hydrogen) atoms. The van der Waals surface area contributed by atoms with Gasteiger partial charge in [0.05, 0.1) is 6.07 Å². The van der Waals surface area contributed by atoms with Gasteiger partial charge in [-0.1, -0.05) is 25.0 Å². The molecule has 0 aromatic carbocycles. The quantitative estimate of drug-likeness (QED) is 0.460. The van der Waals surface area contributed by atoms with Crippen molar-refractivity contribution in [3.63, 3.8) is 0 Å². The molecule has 0 amide bonds. The predicted molar refractivity (Wildman–Crippen MR) is 52.7 cm³/mol. The van der Waals surface area contributed by atoms with Crippen molar-refractivity contribution in [1.29, 1.82) is 5.26 Å². The average molecular weight is 165 g/mol. The van der Waals surface area contributed by atoms with Gasteiger partial charge < -0.3 is 0 Å². The van der Waals surface area contributed by atoms with Crippen LogP contribution in [-0.2, 0) is 0 Å². The van der Waals surface area contributed by atoms with Crippen LogP contribution in [0.1, 0.15) is 47.0 Å². The minimum Gasteiger partial charge on any atom is -0.198 e. The van der Waals surface area contributed by atoms with E-state index in [1.807, 2.05) is 0 Å². The van der Waals surface area contributed by atoms with Crippen molar-refractivity contribution in [2.75, 3.05) is 0 Å². The van der Waals surface area contributed by atoms with Crippen LogP contribution in [0.15, 0.2) is 11.1 Å². The van der Waals surface area contributed by atoms with Crippen molar-refractivity contribution in [2.24, 2.45) is 5.92 Å². The lowest BCUT2D eigenvalue weighted by Gasteiger charge is -2.12. The first kappa shape index (κ1) is 11.2. The molecule has 0 fully saturated rings. The van der Waals surface area contributed by atoms with Crippen molar-refractivity contribution in [3.05, 3.63) is 11.1 Å². The molecule has 0 N–H and O–H groups in total. The Kier molecular flexibility index (Phi) is 5.45. The average Bonchev–Trinajstić information content (AvgIpc) is 1.96. The van der Waals surface area contributed by atoms with Crippen molar-refractivity contribution >= 4 is 0 Å². The second-order valence-electron chi connectivity index (χ2n) is 3.69. The monoisotopic (exact) mass is 165 g/mol. The van der Waals surface area contributed by atoms with E-state index in [0.29, 0.717) is 12.3 Å². The molecule has 0 aliphatic rings. The van der Waals surface area contributed by atoms with Gasteiger partial charge in [0.1, 0.15) is 0 Å². The fourth-order valence-corrected chi connectivity index (χ4v) is 1.47. The highest BCUT2D eigenvalue weighted by atomic mass is 14.2. The van der Waals surface area contributed by atoms with E-state index >= 15 is 0 Å². The van der Waals surface area contributed by atoms with E-state index in [4.69, 9.17) is 5.26 Å².